The van der Waals surface area contributed by atoms with E-state index in [1.807, 2.05) is 29.3 Å². The molecule has 2 amide bonds. The Morgan fingerprint density at radius 3 is 2.91 bits per heavy atom. The highest BCUT2D eigenvalue weighted by molar-refractivity contribution is 7.10. The summed E-state index contributed by atoms with van der Waals surface area (Å²) in [7, 11) is 1.81. The molecule has 0 aliphatic carbocycles. The van der Waals surface area contributed by atoms with E-state index < -0.39 is 0 Å². The van der Waals surface area contributed by atoms with E-state index >= 15 is 0 Å². The lowest BCUT2D eigenvalue weighted by molar-refractivity contribution is -0.138. The van der Waals surface area contributed by atoms with Crippen LogP contribution < -0.4 is 5.73 Å². The average molecular weight is 335 g/mol. The van der Waals surface area contributed by atoms with Crippen molar-refractivity contribution in [3.8, 4) is 0 Å². The van der Waals surface area contributed by atoms with Crippen molar-refractivity contribution in [2.75, 3.05) is 20.1 Å². The van der Waals surface area contributed by atoms with Gasteiger partial charge >= 0.3 is 0 Å². The number of rotatable bonds is 3. The fourth-order valence-electron chi connectivity index (χ4n) is 3.81. The number of hydrogen-bond donors (Lipinski definition) is 1. The molecule has 23 heavy (non-hydrogen) atoms. The van der Waals surface area contributed by atoms with Crippen LogP contribution in [0.15, 0.2) is 17.5 Å². The van der Waals surface area contributed by atoms with E-state index in [-0.39, 0.29) is 29.8 Å². The topological polar surface area (TPSA) is 66.6 Å². The van der Waals surface area contributed by atoms with Crippen molar-refractivity contribution >= 4 is 23.2 Å². The van der Waals surface area contributed by atoms with Crippen molar-refractivity contribution < 1.29 is 9.59 Å². The van der Waals surface area contributed by atoms with Gasteiger partial charge in [0.25, 0.3) is 0 Å². The van der Waals surface area contributed by atoms with Crippen molar-refractivity contribution in [1.82, 2.24) is 9.80 Å². The van der Waals surface area contributed by atoms with E-state index in [1.54, 1.807) is 23.3 Å². The molecule has 2 fully saturated rings. The minimum Gasteiger partial charge on any atom is -0.342 e. The zero-order valence-electron chi connectivity index (χ0n) is 13.8. The number of carbonyl (C=O) groups is 2. The molecule has 0 unspecified atom stereocenters. The molecule has 0 radical (unpaired) electrons. The van der Waals surface area contributed by atoms with Crippen LogP contribution in [0.2, 0.25) is 0 Å². The number of piperidine rings is 1. The Labute approximate surface area is 141 Å². The van der Waals surface area contributed by atoms with Gasteiger partial charge in [0.05, 0.1) is 12.0 Å². The largest absolute Gasteiger partial charge is 0.342 e. The standard InChI is InChI=1S/C17H25N3O2S/c1-11(18)12-5-3-7-20(10-12)17(22)13-9-15(21)19(2)16(13)14-6-4-8-23-14/h4,6,8,11-13,16H,3,5,7,9-10,18H2,1-2H3/t11-,12+,13-,16-/m0/s1. The van der Waals surface area contributed by atoms with Crippen LogP contribution in [0.4, 0.5) is 0 Å². The fourth-order valence-corrected chi connectivity index (χ4v) is 4.75. The number of nitrogens with two attached hydrogens (primary N) is 1. The van der Waals surface area contributed by atoms with E-state index in [4.69, 9.17) is 5.73 Å². The molecule has 5 nitrogen and oxygen atoms in total. The van der Waals surface area contributed by atoms with Gasteiger partial charge in [-0.25, -0.2) is 0 Å². The zero-order chi connectivity index (χ0) is 16.6. The number of nitrogens with zero attached hydrogens (tertiary/aromatic N) is 2. The minimum atomic E-state index is -0.266. The Morgan fingerprint density at radius 1 is 1.48 bits per heavy atom. The predicted octanol–water partition coefficient (Wildman–Crippen LogP) is 1.85. The zero-order valence-corrected chi connectivity index (χ0v) is 14.6. The third-order valence-corrected chi connectivity index (χ3v) is 6.19. The van der Waals surface area contributed by atoms with Crippen LogP contribution in [0.25, 0.3) is 0 Å². The van der Waals surface area contributed by atoms with Crippen molar-refractivity contribution in [3.05, 3.63) is 22.4 Å². The van der Waals surface area contributed by atoms with Gasteiger partial charge in [-0.2, -0.15) is 0 Å². The van der Waals surface area contributed by atoms with Crippen LogP contribution in [0.1, 0.15) is 37.1 Å². The molecule has 2 aliphatic heterocycles. The highest BCUT2D eigenvalue weighted by atomic mass is 32.1. The normalized spacial score (nSPS) is 29.9. The highest BCUT2D eigenvalue weighted by Gasteiger charge is 2.45. The average Bonchev–Trinajstić information content (AvgIpc) is 3.16. The van der Waals surface area contributed by atoms with Crippen LogP contribution in [-0.4, -0.2) is 47.8 Å². The number of amides is 2. The van der Waals surface area contributed by atoms with E-state index in [2.05, 4.69) is 0 Å². The van der Waals surface area contributed by atoms with E-state index in [0.717, 1.165) is 30.8 Å². The second-order valence-electron chi connectivity index (χ2n) is 6.82. The van der Waals surface area contributed by atoms with Crippen LogP contribution >= 0.6 is 11.3 Å². The first kappa shape index (κ1) is 16.5. The van der Waals surface area contributed by atoms with Crippen LogP contribution in [-0.2, 0) is 9.59 Å². The molecule has 0 bridgehead atoms. The molecule has 3 heterocycles. The Bertz CT molecular complexity index is 572. The first-order valence-corrected chi connectivity index (χ1v) is 9.20. The lowest BCUT2D eigenvalue weighted by atomic mass is 9.90. The Morgan fingerprint density at radius 2 is 2.26 bits per heavy atom. The molecule has 1 aromatic rings. The smallest absolute Gasteiger partial charge is 0.228 e. The second-order valence-corrected chi connectivity index (χ2v) is 7.80. The van der Waals surface area contributed by atoms with Gasteiger partial charge in [0, 0.05) is 37.5 Å². The van der Waals surface area contributed by atoms with Gasteiger partial charge in [-0.3, -0.25) is 9.59 Å². The molecular formula is C17H25N3O2S. The summed E-state index contributed by atoms with van der Waals surface area (Å²) in [6.45, 7) is 3.52. The van der Waals surface area contributed by atoms with Gasteiger partial charge in [0.2, 0.25) is 11.8 Å². The molecule has 3 rings (SSSR count). The first-order valence-electron chi connectivity index (χ1n) is 8.32. The van der Waals surface area contributed by atoms with Gasteiger partial charge in [-0.15, -0.1) is 11.3 Å². The molecule has 0 aromatic carbocycles. The van der Waals surface area contributed by atoms with Crippen molar-refractivity contribution in [1.29, 1.82) is 0 Å². The highest BCUT2D eigenvalue weighted by Crippen LogP contribution is 2.40. The lowest BCUT2D eigenvalue weighted by Crippen LogP contribution is -2.47. The summed E-state index contributed by atoms with van der Waals surface area (Å²) in [6, 6.07) is 3.98. The van der Waals surface area contributed by atoms with Crippen molar-refractivity contribution in [2.24, 2.45) is 17.6 Å². The minimum absolute atomic E-state index is 0.0579. The summed E-state index contributed by atoms with van der Waals surface area (Å²) < 4.78 is 0. The van der Waals surface area contributed by atoms with Crippen LogP contribution in [0, 0.1) is 11.8 Å². The van der Waals surface area contributed by atoms with Gasteiger partial charge in [-0.05, 0) is 37.1 Å². The van der Waals surface area contributed by atoms with Gasteiger partial charge < -0.3 is 15.5 Å². The maximum atomic E-state index is 13.1. The quantitative estimate of drug-likeness (QED) is 0.917. The fraction of sp³-hybridized carbons (Fsp3) is 0.647. The summed E-state index contributed by atoms with van der Waals surface area (Å²) in [5.74, 6) is 0.273. The Hall–Kier alpha value is -1.40. The molecule has 2 aliphatic rings. The van der Waals surface area contributed by atoms with Crippen LogP contribution in [0.3, 0.4) is 0 Å². The molecule has 4 atom stereocenters. The van der Waals surface area contributed by atoms with Crippen LogP contribution in [0.5, 0.6) is 0 Å². The molecule has 2 saturated heterocycles. The SMILES string of the molecule is C[C@H](N)[C@@H]1CCCN(C(=O)[C@H]2CC(=O)N(C)[C@@H]2c2cccs2)C1. The first-order chi connectivity index (χ1) is 11.0. The number of likely N-dealkylation sites (tertiary alicyclic amines) is 2. The number of hydrogen-bond acceptors (Lipinski definition) is 4. The molecule has 6 heteroatoms. The lowest BCUT2D eigenvalue weighted by Gasteiger charge is -2.37. The summed E-state index contributed by atoms with van der Waals surface area (Å²) in [4.78, 5) is 30.0. The Kier molecular flexibility index (Phi) is 4.73. The summed E-state index contributed by atoms with van der Waals surface area (Å²) in [5.41, 5.74) is 6.03. The monoisotopic (exact) mass is 335 g/mol. The van der Waals surface area contributed by atoms with E-state index in [9.17, 15) is 9.59 Å². The molecule has 126 valence electrons. The van der Waals surface area contributed by atoms with Gasteiger partial charge in [0.1, 0.15) is 0 Å². The van der Waals surface area contributed by atoms with Gasteiger partial charge in [0.15, 0.2) is 0 Å². The molecule has 1 aromatic heterocycles. The van der Waals surface area contributed by atoms with Crippen molar-refractivity contribution in [3.63, 3.8) is 0 Å². The number of carbonyl (C=O) groups excluding carboxylic acids is 2. The second kappa shape index (κ2) is 6.61. The maximum absolute atomic E-state index is 13.1. The van der Waals surface area contributed by atoms with Crippen molar-refractivity contribution in [2.45, 2.75) is 38.3 Å². The maximum Gasteiger partial charge on any atom is 0.228 e. The number of thiophene rings is 1. The molecule has 0 spiro atoms. The summed E-state index contributed by atoms with van der Waals surface area (Å²) in [5, 5.41) is 2.00. The Balaban J connectivity index is 1.79. The molecule has 2 N–H and O–H groups in total. The predicted molar refractivity (Wildman–Crippen MR) is 90.9 cm³/mol. The summed E-state index contributed by atoms with van der Waals surface area (Å²) in [6.07, 6.45) is 2.40. The van der Waals surface area contributed by atoms with Gasteiger partial charge in [-0.1, -0.05) is 6.07 Å². The summed E-state index contributed by atoms with van der Waals surface area (Å²) >= 11 is 1.61. The molecule has 0 saturated carbocycles. The van der Waals surface area contributed by atoms with E-state index in [0.29, 0.717) is 12.3 Å². The van der Waals surface area contributed by atoms with E-state index in [1.165, 1.54) is 0 Å². The third kappa shape index (κ3) is 3.15. The molecular weight excluding hydrogens is 310 g/mol. The third-order valence-electron chi connectivity index (χ3n) is 5.25.